The Labute approximate surface area is 96.3 Å². The first-order valence-corrected chi connectivity index (χ1v) is 5.67. The summed E-state index contributed by atoms with van der Waals surface area (Å²) in [6.07, 6.45) is 3.71. The number of pyridine rings is 1. The van der Waals surface area contributed by atoms with Crippen LogP contribution in [0.3, 0.4) is 0 Å². The van der Waals surface area contributed by atoms with E-state index in [1.165, 1.54) is 0 Å². The van der Waals surface area contributed by atoms with Gasteiger partial charge in [0.2, 0.25) is 0 Å². The minimum atomic E-state index is -0.141. The van der Waals surface area contributed by atoms with E-state index in [1.54, 1.807) is 18.3 Å². The molecule has 4 nitrogen and oxygen atoms in total. The molecule has 0 bridgehead atoms. The van der Waals surface area contributed by atoms with E-state index in [2.05, 4.69) is 24.1 Å². The van der Waals surface area contributed by atoms with Crippen LogP contribution in [-0.2, 0) is 0 Å². The Morgan fingerprint density at radius 1 is 1.50 bits per heavy atom. The lowest BCUT2D eigenvalue weighted by molar-refractivity contribution is 0.0947. The van der Waals surface area contributed by atoms with Gasteiger partial charge in [0.1, 0.15) is 5.82 Å². The fraction of sp³-hybridized carbons (Fsp3) is 0.500. The van der Waals surface area contributed by atoms with Gasteiger partial charge < -0.3 is 11.1 Å². The highest BCUT2D eigenvalue weighted by Gasteiger charge is 2.11. The predicted molar refractivity (Wildman–Crippen MR) is 65.1 cm³/mol. The van der Waals surface area contributed by atoms with Gasteiger partial charge in [0.25, 0.3) is 5.91 Å². The highest BCUT2D eigenvalue weighted by atomic mass is 16.1. The van der Waals surface area contributed by atoms with Crippen LogP contribution >= 0.6 is 0 Å². The van der Waals surface area contributed by atoms with Crippen molar-refractivity contribution >= 4 is 11.7 Å². The van der Waals surface area contributed by atoms with Crippen LogP contribution in [0.15, 0.2) is 18.3 Å². The van der Waals surface area contributed by atoms with Crippen LogP contribution < -0.4 is 11.1 Å². The van der Waals surface area contributed by atoms with Crippen molar-refractivity contribution < 1.29 is 4.79 Å². The molecule has 0 atom stereocenters. The molecule has 0 aromatic carbocycles. The quantitative estimate of drug-likeness (QED) is 0.797. The van der Waals surface area contributed by atoms with Crippen molar-refractivity contribution in [1.29, 1.82) is 0 Å². The van der Waals surface area contributed by atoms with Gasteiger partial charge in [-0.2, -0.15) is 0 Å². The van der Waals surface area contributed by atoms with E-state index in [-0.39, 0.29) is 11.7 Å². The molecule has 88 valence electrons. The molecule has 1 aromatic heterocycles. The maximum absolute atomic E-state index is 11.8. The molecule has 3 N–H and O–H groups in total. The Hall–Kier alpha value is -1.58. The van der Waals surface area contributed by atoms with E-state index in [0.29, 0.717) is 18.0 Å². The second-order valence-electron chi connectivity index (χ2n) is 3.83. The summed E-state index contributed by atoms with van der Waals surface area (Å²) in [7, 11) is 0. The number of anilines is 1. The van der Waals surface area contributed by atoms with Crippen LogP contribution in [0.4, 0.5) is 5.82 Å². The van der Waals surface area contributed by atoms with Crippen molar-refractivity contribution in [1.82, 2.24) is 10.3 Å². The SMILES string of the molecule is CCC(CC)CNC(=O)c1cccnc1N. The van der Waals surface area contributed by atoms with Gasteiger partial charge in [-0.05, 0) is 18.1 Å². The third-order valence-corrected chi connectivity index (χ3v) is 2.79. The monoisotopic (exact) mass is 221 g/mol. The van der Waals surface area contributed by atoms with E-state index in [1.807, 2.05) is 0 Å². The number of carbonyl (C=O) groups is 1. The number of aromatic nitrogens is 1. The fourth-order valence-corrected chi connectivity index (χ4v) is 1.52. The molecule has 0 fully saturated rings. The average Bonchev–Trinajstić information content (AvgIpc) is 2.30. The number of hydrogen-bond donors (Lipinski definition) is 2. The molecule has 0 saturated heterocycles. The zero-order valence-corrected chi connectivity index (χ0v) is 9.86. The largest absolute Gasteiger partial charge is 0.383 e. The lowest BCUT2D eigenvalue weighted by Crippen LogP contribution is -2.29. The Bertz CT molecular complexity index is 348. The molecule has 0 aliphatic rings. The molecule has 0 saturated carbocycles. The summed E-state index contributed by atoms with van der Waals surface area (Å²) in [5.74, 6) is 0.670. The summed E-state index contributed by atoms with van der Waals surface area (Å²) in [5, 5.41) is 2.88. The number of hydrogen-bond acceptors (Lipinski definition) is 3. The minimum Gasteiger partial charge on any atom is -0.383 e. The van der Waals surface area contributed by atoms with Gasteiger partial charge >= 0.3 is 0 Å². The topological polar surface area (TPSA) is 68.0 Å². The zero-order chi connectivity index (χ0) is 12.0. The van der Waals surface area contributed by atoms with E-state index >= 15 is 0 Å². The van der Waals surface area contributed by atoms with Crippen molar-refractivity contribution in [2.75, 3.05) is 12.3 Å². The molecule has 1 heterocycles. The van der Waals surface area contributed by atoms with E-state index < -0.39 is 0 Å². The van der Waals surface area contributed by atoms with E-state index in [0.717, 1.165) is 12.8 Å². The Kier molecular flexibility index (Phi) is 4.76. The maximum atomic E-state index is 11.8. The maximum Gasteiger partial charge on any atom is 0.255 e. The van der Waals surface area contributed by atoms with Crippen molar-refractivity contribution in [3.63, 3.8) is 0 Å². The normalized spacial score (nSPS) is 10.4. The van der Waals surface area contributed by atoms with Gasteiger partial charge in [-0.3, -0.25) is 4.79 Å². The molecule has 0 radical (unpaired) electrons. The van der Waals surface area contributed by atoms with E-state index in [4.69, 9.17) is 5.73 Å². The number of nitrogens with one attached hydrogen (secondary N) is 1. The predicted octanol–water partition coefficient (Wildman–Crippen LogP) is 1.83. The second kappa shape index (κ2) is 6.10. The molecule has 0 spiro atoms. The van der Waals surface area contributed by atoms with Crippen molar-refractivity contribution in [3.05, 3.63) is 23.9 Å². The molecule has 1 amide bonds. The molecule has 16 heavy (non-hydrogen) atoms. The van der Waals surface area contributed by atoms with Gasteiger partial charge in [0, 0.05) is 12.7 Å². The van der Waals surface area contributed by atoms with Crippen molar-refractivity contribution in [3.8, 4) is 0 Å². The molecule has 0 aliphatic carbocycles. The zero-order valence-electron chi connectivity index (χ0n) is 9.86. The summed E-state index contributed by atoms with van der Waals surface area (Å²) < 4.78 is 0. The first kappa shape index (κ1) is 12.5. The second-order valence-corrected chi connectivity index (χ2v) is 3.83. The highest BCUT2D eigenvalue weighted by Crippen LogP contribution is 2.08. The molecule has 0 aliphatic heterocycles. The van der Waals surface area contributed by atoms with Gasteiger partial charge in [-0.1, -0.05) is 26.7 Å². The van der Waals surface area contributed by atoms with Gasteiger partial charge in [0.15, 0.2) is 0 Å². The lowest BCUT2D eigenvalue weighted by Gasteiger charge is -2.13. The summed E-state index contributed by atoms with van der Waals surface area (Å²) in [4.78, 5) is 15.7. The summed E-state index contributed by atoms with van der Waals surface area (Å²) in [6, 6.07) is 3.40. The number of rotatable bonds is 5. The number of nitrogens with zero attached hydrogens (tertiary/aromatic N) is 1. The molecular formula is C12H19N3O. The molecule has 0 unspecified atom stereocenters. The van der Waals surface area contributed by atoms with Crippen LogP contribution in [-0.4, -0.2) is 17.4 Å². The summed E-state index contributed by atoms with van der Waals surface area (Å²) >= 11 is 0. The smallest absolute Gasteiger partial charge is 0.255 e. The standard InChI is InChI=1S/C12H19N3O/c1-3-9(4-2)8-15-12(16)10-6-5-7-14-11(10)13/h5-7,9H,3-4,8H2,1-2H3,(H2,13,14)(H,15,16). The Balaban J connectivity index is 2.56. The number of nitrogen functional groups attached to an aromatic ring is 1. The Morgan fingerprint density at radius 3 is 2.75 bits per heavy atom. The van der Waals surface area contributed by atoms with Crippen LogP contribution in [0.2, 0.25) is 0 Å². The van der Waals surface area contributed by atoms with Gasteiger partial charge in [0.05, 0.1) is 5.56 Å². The fourth-order valence-electron chi connectivity index (χ4n) is 1.52. The van der Waals surface area contributed by atoms with Crippen LogP contribution in [0.1, 0.15) is 37.0 Å². The van der Waals surface area contributed by atoms with Crippen molar-refractivity contribution in [2.24, 2.45) is 5.92 Å². The molecular weight excluding hydrogens is 202 g/mol. The number of nitrogens with two attached hydrogens (primary N) is 1. The summed E-state index contributed by atoms with van der Waals surface area (Å²) in [6.45, 7) is 4.94. The minimum absolute atomic E-state index is 0.141. The average molecular weight is 221 g/mol. The van der Waals surface area contributed by atoms with Crippen LogP contribution in [0.25, 0.3) is 0 Å². The molecule has 1 aromatic rings. The highest BCUT2D eigenvalue weighted by molar-refractivity contribution is 5.98. The summed E-state index contributed by atoms with van der Waals surface area (Å²) in [5.41, 5.74) is 6.07. The third-order valence-electron chi connectivity index (χ3n) is 2.79. The first-order chi connectivity index (χ1) is 7.69. The molecule has 4 heteroatoms. The van der Waals surface area contributed by atoms with Crippen molar-refractivity contribution in [2.45, 2.75) is 26.7 Å². The lowest BCUT2D eigenvalue weighted by atomic mass is 10.0. The number of carbonyl (C=O) groups excluding carboxylic acids is 1. The van der Waals surface area contributed by atoms with E-state index in [9.17, 15) is 4.79 Å². The van der Waals surface area contributed by atoms with Crippen LogP contribution in [0, 0.1) is 5.92 Å². The van der Waals surface area contributed by atoms with Gasteiger partial charge in [-0.15, -0.1) is 0 Å². The third kappa shape index (κ3) is 3.22. The van der Waals surface area contributed by atoms with Gasteiger partial charge in [-0.25, -0.2) is 4.98 Å². The Morgan fingerprint density at radius 2 is 2.19 bits per heavy atom. The molecule has 1 rings (SSSR count). The van der Waals surface area contributed by atoms with Crippen LogP contribution in [0.5, 0.6) is 0 Å². The first-order valence-electron chi connectivity index (χ1n) is 5.67. The number of amides is 1.